The normalized spacial score (nSPS) is 15.6. The lowest BCUT2D eigenvalue weighted by atomic mass is 10.2. The molecule has 1 N–H and O–H groups in total. The average molecular weight is 469 g/mol. The van der Waals surface area contributed by atoms with Crippen LogP contribution in [0.2, 0.25) is 0 Å². The summed E-state index contributed by atoms with van der Waals surface area (Å²) in [5, 5.41) is 10.2. The summed E-state index contributed by atoms with van der Waals surface area (Å²) in [6, 6.07) is 13.4. The van der Waals surface area contributed by atoms with Crippen LogP contribution in [0.1, 0.15) is 20.1 Å². The van der Waals surface area contributed by atoms with Crippen LogP contribution in [-0.4, -0.2) is 63.6 Å². The van der Waals surface area contributed by atoms with E-state index in [-0.39, 0.29) is 17.9 Å². The maximum absolute atomic E-state index is 12.7. The molecule has 3 aromatic rings. The number of hydrogen-bond donors (Lipinski definition) is 1. The number of imidazole rings is 1. The quantitative estimate of drug-likeness (QED) is 0.538. The first-order valence-electron chi connectivity index (χ1n) is 10.8. The molecule has 0 saturated heterocycles. The van der Waals surface area contributed by atoms with E-state index >= 15 is 0 Å². The minimum Gasteiger partial charge on any atom is -0.494 e. The molecule has 0 aliphatic carbocycles. The van der Waals surface area contributed by atoms with Crippen molar-refractivity contribution in [2.24, 2.45) is 5.10 Å². The van der Waals surface area contributed by atoms with E-state index < -0.39 is 0 Å². The topological polar surface area (TPSA) is 84.2 Å². The number of anilines is 1. The number of fused-ring (bicyclic) bond motifs is 1. The first-order valence-corrected chi connectivity index (χ1v) is 11.8. The van der Waals surface area contributed by atoms with Crippen molar-refractivity contribution in [3.05, 3.63) is 48.8 Å². The first-order chi connectivity index (χ1) is 16.0. The number of thioether (sulfide) groups is 1. The van der Waals surface area contributed by atoms with Gasteiger partial charge in [-0.05, 0) is 38.1 Å². The van der Waals surface area contributed by atoms with E-state index in [9.17, 15) is 4.79 Å². The Labute approximate surface area is 197 Å². The van der Waals surface area contributed by atoms with E-state index in [0.29, 0.717) is 30.4 Å². The van der Waals surface area contributed by atoms with Gasteiger partial charge in [-0.3, -0.25) is 14.4 Å². The molecule has 0 radical (unpaired) electrons. The number of benzene rings is 2. The Hall–Kier alpha value is -3.40. The lowest BCUT2D eigenvalue weighted by Gasteiger charge is -2.27. The molecule has 1 aromatic heterocycles. The average Bonchev–Trinajstić information content (AvgIpc) is 3.34. The van der Waals surface area contributed by atoms with E-state index in [1.807, 2.05) is 74.5 Å². The van der Waals surface area contributed by atoms with Crippen LogP contribution in [-0.2, 0) is 4.79 Å². The minimum absolute atomic E-state index is 0.148. The van der Waals surface area contributed by atoms with Crippen LogP contribution in [0.4, 0.5) is 5.69 Å². The van der Waals surface area contributed by atoms with Crippen molar-refractivity contribution in [3.63, 3.8) is 0 Å². The van der Waals surface area contributed by atoms with Gasteiger partial charge in [0.15, 0.2) is 5.17 Å². The summed E-state index contributed by atoms with van der Waals surface area (Å²) in [6.45, 7) is 4.87. The molecular weight excluding hydrogens is 440 g/mol. The zero-order valence-corrected chi connectivity index (χ0v) is 20.0. The summed E-state index contributed by atoms with van der Waals surface area (Å²) in [7, 11) is 3.88. The van der Waals surface area contributed by atoms with Crippen molar-refractivity contribution in [3.8, 4) is 11.5 Å². The maximum atomic E-state index is 12.7. The molecule has 0 fully saturated rings. The minimum atomic E-state index is -0.157. The van der Waals surface area contributed by atoms with Crippen LogP contribution in [0.15, 0.2) is 53.9 Å². The van der Waals surface area contributed by atoms with Crippen LogP contribution in [0.25, 0.3) is 11.0 Å². The number of aromatic nitrogens is 2. The highest BCUT2D eigenvalue weighted by atomic mass is 32.2. The second-order valence-corrected chi connectivity index (χ2v) is 8.36. The molecule has 4 rings (SSSR count). The van der Waals surface area contributed by atoms with Crippen molar-refractivity contribution in [1.82, 2.24) is 19.5 Å². The monoisotopic (exact) mass is 468 g/mol. The first kappa shape index (κ1) is 22.8. The molecule has 2 aromatic carbocycles. The number of carbonyl (C=O) groups is 1. The Morgan fingerprint density at radius 2 is 1.91 bits per heavy atom. The van der Waals surface area contributed by atoms with Gasteiger partial charge < -0.3 is 19.7 Å². The van der Waals surface area contributed by atoms with Crippen LogP contribution in [0, 0.1) is 0 Å². The smallest absolute Gasteiger partial charge is 0.234 e. The van der Waals surface area contributed by atoms with Gasteiger partial charge in [0, 0.05) is 20.2 Å². The van der Waals surface area contributed by atoms with Crippen molar-refractivity contribution < 1.29 is 14.3 Å². The number of nitrogens with one attached hydrogen (secondary N) is 1. The third kappa shape index (κ3) is 4.85. The lowest BCUT2D eigenvalue weighted by molar-refractivity contribution is -0.113. The number of carbonyl (C=O) groups excluding carboxylic acids is 1. The molecule has 0 saturated carbocycles. The predicted molar refractivity (Wildman–Crippen MR) is 132 cm³/mol. The zero-order valence-electron chi connectivity index (χ0n) is 19.2. The molecule has 174 valence electrons. The highest BCUT2D eigenvalue weighted by Gasteiger charge is 2.32. The van der Waals surface area contributed by atoms with Crippen LogP contribution < -0.4 is 14.8 Å². The molecule has 2 heterocycles. The molecule has 33 heavy (non-hydrogen) atoms. The van der Waals surface area contributed by atoms with E-state index in [4.69, 9.17) is 9.47 Å². The SMILES string of the molecule is CCOc1ccc(OCC)c(NC(=O)CSC2=NN(C)C(n3cnc4ccccc43)N2C)c1. The summed E-state index contributed by atoms with van der Waals surface area (Å²) in [5.41, 5.74) is 2.55. The van der Waals surface area contributed by atoms with E-state index in [1.165, 1.54) is 11.8 Å². The summed E-state index contributed by atoms with van der Waals surface area (Å²) in [6.07, 6.45) is 1.66. The fraction of sp³-hybridized carbons (Fsp3) is 0.348. The van der Waals surface area contributed by atoms with Crippen molar-refractivity contribution in [2.45, 2.75) is 20.1 Å². The molecule has 9 nitrogen and oxygen atoms in total. The predicted octanol–water partition coefficient (Wildman–Crippen LogP) is 3.81. The Bertz CT molecular complexity index is 1160. The number of amidine groups is 1. The number of nitrogens with zero attached hydrogens (tertiary/aromatic N) is 5. The van der Waals surface area contributed by atoms with Gasteiger partial charge in [0.05, 0.1) is 42.0 Å². The fourth-order valence-electron chi connectivity index (χ4n) is 3.73. The Kier molecular flexibility index (Phi) is 6.93. The largest absolute Gasteiger partial charge is 0.494 e. The van der Waals surface area contributed by atoms with Crippen LogP contribution in [0.3, 0.4) is 0 Å². The maximum Gasteiger partial charge on any atom is 0.234 e. The number of hydrogen-bond acceptors (Lipinski definition) is 8. The highest BCUT2D eigenvalue weighted by molar-refractivity contribution is 8.14. The van der Waals surface area contributed by atoms with Gasteiger partial charge in [0.2, 0.25) is 12.2 Å². The molecule has 1 atom stereocenters. The van der Waals surface area contributed by atoms with Gasteiger partial charge in [-0.1, -0.05) is 23.9 Å². The molecule has 0 bridgehead atoms. The highest BCUT2D eigenvalue weighted by Crippen LogP contribution is 2.32. The third-order valence-corrected chi connectivity index (χ3v) is 6.16. The van der Waals surface area contributed by atoms with E-state index in [1.54, 1.807) is 12.1 Å². The second-order valence-electron chi connectivity index (χ2n) is 7.41. The second kappa shape index (κ2) is 10.0. The molecule has 1 unspecified atom stereocenters. The lowest BCUT2D eigenvalue weighted by Crippen LogP contribution is -2.34. The van der Waals surface area contributed by atoms with E-state index in [2.05, 4.69) is 20.0 Å². The molecule has 0 spiro atoms. The van der Waals surface area contributed by atoms with Crippen molar-refractivity contribution in [2.75, 3.05) is 38.4 Å². The molecular formula is C23H28N6O3S. The molecule has 10 heteroatoms. The molecule has 1 amide bonds. The summed E-state index contributed by atoms with van der Waals surface area (Å²) < 4.78 is 13.3. The number of para-hydroxylation sites is 2. The van der Waals surface area contributed by atoms with Gasteiger partial charge in [-0.25, -0.2) is 4.98 Å². The van der Waals surface area contributed by atoms with Gasteiger partial charge in [0.25, 0.3) is 0 Å². The fourth-order valence-corrected chi connectivity index (χ4v) is 4.54. The van der Waals surface area contributed by atoms with Gasteiger partial charge >= 0.3 is 0 Å². The summed E-state index contributed by atoms with van der Waals surface area (Å²) in [4.78, 5) is 19.3. The Morgan fingerprint density at radius 1 is 1.12 bits per heavy atom. The Balaban J connectivity index is 1.42. The van der Waals surface area contributed by atoms with Gasteiger partial charge in [-0.2, -0.15) is 0 Å². The molecule has 1 aliphatic heterocycles. The summed E-state index contributed by atoms with van der Waals surface area (Å²) in [5.74, 6) is 1.35. The van der Waals surface area contributed by atoms with Crippen molar-refractivity contribution in [1.29, 1.82) is 0 Å². The Morgan fingerprint density at radius 3 is 2.70 bits per heavy atom. The van der Waals surface area contributed by atoms with E-state index in [0.717, 1.165) is 16.2 Å². The molecule has 1 aliphatic rings. The summed E-state index contributed by atoms with van der Waals surface area (Å²) >= 11 is 1.38. The van der Waals surface area contributed by atoms with Crippen LogP contribution in [0.5, 0.6) is 11.5 Å². The van der Waals surface area contributed by atoms with Gasteiger partial charge in [0.1, 0.15) is 11.5 Å². The third-order valence-electron chi connectivity index (χ3n) is 5.12. The number of rotatable bonds is 8. The number of amides is 1. The van der Waals surface area contributed by atoms with Gasteiger partial charge in [-0.15, -0.1) is 5.10 Å². The number of hydrazone groups is 1. The van der Waals surface area contributed by atoms with Crippen LogP contribution >= 0.6 is 11.8 Å². The van der Waals surface area contributed by atoms with Crippen molar-refractivity contribution >= 4 is 39.6 Å². The number of ether oxygens (including phenoxy) is 2. The zero-order chi connectivity index (χ0) is 23.4. The standard InChI is InChI=1S/C23H28N6O3S/c1-5-31-16-11-12-20(32-6-2)18(13-16)25-21(30)14-33-22-26-28(4)23(27(22)3)29-15-24-17-9-7-8-10-19(17)29/h7-13,15,23H,5-6,14H2,1-4H3,(H,25,30).